The van der Waals surface area contributed by atoms with Gasteiger partial charge >= 0.3 is 6.11 Å². The number of benzene rings is 1. The first kappa shape index (κ1) is 10.6. The van der Waals surface area contributed by atoms with Crippen molar-refractivity contribution in [3.8, 4) is 0 Å². The van der Waals surface area contributed by atoms with Crippen molar-refractivity contribution < 1.29 is 18.3 Å². The predicted molar refractivity (Wildman–Crippen MR) is 45.9 cm³/mol. The molecular formula is C9H9F2NO2. The molecule has 0 spiro atoms. The molecule has 0 unspecified atom stereocenters. The van der Waals surface area contributed by atoms with Gasteiger partial charge in [-0.15, -0.1) is 0 Å². The van der Waals surface area contributed by atoms with Crippen LogP contribution in [0.2, 0.25) is 0 Å². The molecular weight excluding hydrogens is 192 g/mol. The van der Waals surface area contributed by atoms with Crippen molar-refractivity contribution in [2.24, 2.45) is 5.73 Å². The largest absolute Gasteiger partial charge is 0.383 e. The van der Waals surface area contributed by atoms with Gasteiger partial charge in [0.15, 0.2) is 0 Å². The summed E-state index contributed by atoms with van der Waals surface area (Å²) in [7, 11) is 0.905. The zero-order valence-corrected chi connectivity index (χ0v) is 7.46. The second-order valence-corrected chi connectivity index (χ2v) is 2.66. The van der Waals surface area contributed by atoms with Gasteiger partial charge in [-0.05, 0) is 24.3 Å². The number of halogens is 2. The van der Waals surface area contributed by atoms with Crippen LogP contribution in [0.5, 0.6) is 0 Å². The number of rotatable bonds is 3. The number of amides is 1. The number of carbonyl (C=O) groups is 1. The Morgan fingerprint density at radius 3 is 2.21 bits per heavy atom. The molecule has 1 amide bonds. The smallest absolute Gasteiger partial charge is 0.366 e. The van der Waals surface area contributed by atoms with Crippen LogP contribution in [-0.2, 0) is 10.8 Å². The molecule has 5 heteroatoms. The lowest BCUT2D eigenvalue weighted by Gasteiger charge is -2.13. The fourth-order valence-corrected chi connectivity index (χ4v) is 0.946. The zero-order valence-electron chi connectivity index (χ0n) is 7.46. The maximum Gasteiger partial charge on any atom is 0.383 e. The molecule has 0 aliphatic heterocycles. The van der Waals surface area contributed by atoms with Crippen molar-refractivity contribution >= 4 is 5.91 Å². The average molecular weight is 201 g/mol. The summed E-state index contributed by atoms with van der Waals surface area (Å²) in [5, 5.41) is 0. The van der Waals surface area contributed by atoms with E-state index in [0.717, 1.165) is 19.2 Å². The van der Waals surface area contributed by atoms with Crippen LogP contribution in [0.25, 0.3) is 0 Å². The number of hydrogen-bond donors (Lipinski definition) is 1. The SMILES string of the molecule is COC(F)(F)c1ccc(C(N)=O)cc1. The van der Waals surface area contributed by atoms with E-state index < -0.39 is 12.0 Å². The molecule has 0 aliphatic rings. The molecule has 2 N–H and O–H groups in total. The van der Waals surface area contributed by atoms with Crippen molar-refractivity contribution in [3.05, 3.63) is 35.4 Å². The highest BCUT2D eigenvalue weighted by Gasteiger charge is 2.30. The third-order valence-corrected chi connectivity index (χ3v) is 1.76. The van der Waals surface area contributed by atoms with Crippen LogP contribution in [0.15, 0.2) is 24.3 Å². The van der Waals surface area contributed by atoms with Gasteiger partial charge in [-0.25, -0.2) is 0 Å². The summed E-state index contributed by atoms with van der Waals surface area (Å²) in [5.74, 6) is -0.655. The van der Waals surface area contributed by atoms with E-state index in [9.17, 15) is 13.6 Å². The molecule has 0 heterocycles. The van der Waals surface area contributed by atoms with E-state index in [1.54, 1.807) is 0 Å². The summed E-state index contributed by atoms with van der Waals surface area (Å²) < 4.78 is 29.7. The summed E-state index contributed by atoms with van der Waals surface area (Å²) in [6.07, 6.45) is -3.34. The van der Waals surface area contributed by atoms with Gasteiger partial charge in [-0.1, -0.05) is 0 Å². The van der Waals surface area contributed by atoms with Gasteiger partial charge in [0.25, 0.3) is 0 Å². The Bertz CT molecular complexity index is 335. The van der Waals surface area contributed by atoms with Crippen LogP contribution in [0.3, 0.4) is 0 Å². The van der Waals surface area contributed by atoms with E-state index in [1.165, 1.54) is 12.1 Å². The second-order valence-electron chi connectivity index (χ2n) is 2.66. The Morgan fingerprint density at radius 2 is 1.86 bits per heavy atom. The minimum absolute atomic E-state index is 0.181. The standard InChI is InChI=1S/C9H9F2NO2/c1-14-9(10,11)7-4-2-6(3-5-7)8(12)13/h2-5H,1H3,(H2,12,13). The average Bonchev–Trinajstić information content (AvgIpc) is 2.18. The van der Waals surface area contributed by atoms with Gasteiger partial charge in [0.2, 0.25) is 5.91 Å². The summed E-state index contributed by atoms with van der Waals surface area (Å²) in [6.45, 7) is 0. The predicted octanol–water partition coefficient (Wildman–Crippen LogP) is 1.48. The van der Waals surface area contributed by atoms with Crippen molar-refractivity contribution in [1.29, 1.82) is 0 Å². The molecule has 14 heavy (non-hydrogen) atoms. The number of methoxy groups -OCH3 is 1. The molecule has 0 saturated carbocycles. The third kappa shape index (κ3) is 2.05. The van der Waals surface area contributed by atoms with Crippen LogP contribution < -0.4 is 5.73 Å². The second kappa shape index (κ2) is 3.71. The molecule has 0 saturated heterocycles. The molecule has 76 valence electrons. The van der Waals surface area contributed by atoms with Gasteiger partial charge in [-0.2, -0.15) is 8.78 Å². The van der Waals surface area contributed by atoms with E-state index >= 15 is 0 Å². The molecule has 3 nitrogen and oxygen atoms in total. The first-order valence-corrected chi connectivity index (χ1v) is 3.80. The van der Waals surface area contributed by atoms with Crippen molar-refractivity contribution in [2.75, 3.05) is 7.11 Å². The Balaban J connectivity index is 2.99. The molecule has 0 aliphatic carbocycles. The van der Waals surface area contributed by atoms with Crippen molar-refractivity contribution in [1.82, 2.24) is 0 Å². The highest BCUT2D eigenvalue weighted by molar-refractivity contribution is 5.92. The Labute approximate surface area is 79.5 Å². The fraction of sp³-hybridized carbons (Fsp3) is 0.222. The fourth-order valence-electron chi connectivity index (χ4n) is 0.946. The van der Waals surface area contributed by atoms with Crippen LogP contribution in [-0.4, -0.2) is 13.0 Å². The normalized spacial score (nSPS) is 11.4. The minimum atomic E-state index is -3.34. The van der Waals surface area contributed by atoms with E-state index in [0.29, 0.717) is 0 Å². The number of carbonyl (C=O) groups excluding carboxylic acids is 1. The molecule has 1 aromatic carbocycles. The lowest BCUT2D eigenvalue weighted by atomic mass is 10.1. The Kier molecular flexibility index (Phi) is 2.81. The zero-order chi connectivity index (χ0) is 10.8. The maximum absolute atomic E-state index is 12.9. The topological polar surface area (TPSA) is 52.3 Å². The molecule has 0 radical (unpaired) electrons. The van der Waals surface area contributed by atoms with Crippen LogP contribution in [0.4, 0.5) is 8.78 Å². The number of primary amides is 1. The monoisotopic (exact) mass is 201 g/mol. The lowest BCUT2D eigenvalue weighted by Crippen LogP contribution is -2.16. The highest BCUT2D eigenvalue weighted by Crippen LogP contribution is 2.28. The first-order chi connectivity index (χ1) is 6.47. The lowest BCUT2D eigenvalue weighted by molar-refractivity contribution is -0.231. The Hall–Kier alpha value is -1.49. The number of ether oxygens (including phenoxy) is 1. The summed E-state index contributed by atoms with van der Waals surface area (Å²) in [6, 6.07) is 4.66. The highest BCUT2D eigenvalue weighted by atomic mass is 19.3. The molecule has 1 aromatic rings. The van der Waals surface area contributed by atoms with Gasteiger partial charge in [-0.3, -0.25) is 4.79 Å². The summed E-state index contributed by atoms with van der Waals surface area (Å²) in [4.78, 5) is 10.6. The van der Waals surface area contributed by atoms with Crippen LogP contribution in [0.1, 0.15) is 15.9 Å². The molecule has 0 bridgehead atoms. The molecule has 0 aromatic heterocycles. The number of alkyl halides is 2. The van der Waals surface area contributed by atoms with E-state index in [1.807, 2.05) is 0 Å². The van der Waals surface area contributed by atoms with E-state index in [-0.39, 0.29) is 11.1 Å². The minimum Gasteiger partial charge on any atom is -0.366 e. The first-order valence-electron chi connectivity index (χ1n) is 3.80. The van der Waals surface area contributed by atoms with Crippen LogP contribution in [0, 0.1) is 0 Å². The summed E-state index contributed by atoms with van der Waals surface area (Å²) >= 11 is 0. The van der Waals surface area contributed by atoms with Gasteiger partial charge in [0.05, 0.1) is 5.56 Å². The number of hydrogen-bond acceptors (Lipinski definition) is 2. The van der Waals surface area contributed by atoms with Gasteiger partial charge in [0.1, 0.15) is 0 Å². The van der Waals surface area contributed by atoms with E-state index in [2.05, 4.69) is 4.74 Å². The van der Waals surface area contributed by atoms with Crippen molar-refractivity contribution in [2.45, 2.75) is 6.11 Å². The third-order valence-electron chi connectivity index (χ3n) is 1.76. The number of nitrogens with two attached hydrogens (primary N) is 1. The molecule has 0 atom stereocenters. The van der Waals surface area contributed by atoms with Gasteiger partial charge in [0, 0.05) is 12.7 Å². The summed E-state index contributed by atoms with van der Waals surface area (Å²) in [5.41, 5.74) is 4.81. The van der Waals surface area contributed by atoms with E-state index in [4.69, 9.17) is 5.73 Å². The van der Waals surface area contributed by atoms with Crippen molar-refractivity contribution in [3.63, 3.8) is 0 Å². The molecule has 1 rings (SSSR count). The van der Waals surface area contributed by atoms with Crippen LogP contribution >= 0.6 is 0 Å². The molecule has 0 fully saturated rings. The van der Waals surface area contributed by atoms with Gasteiger partial charge < -0.3 is 10.5 Å². The Morgan fingerprint density at radius 1 is 1.36 bits per heavy atom. The maximum atomic E-state index is 12.9. The quantitative estimate of drug-likeness (QED) is 0.805.